The first-order chi connectivity index (χ1) is 16.9. The number of nitrogens with one attached hydrogen (secondary N) is 1. The number of carbonyl (C=O) groups is 2. The van der Waals surface area contributed by atoms with Gasteiger partial charge < -0.3 is 15.8 Å². The third-order valence-electron chi connectivity index (χ3n) is 5.38. The summed E-state index contributed by atoms with van der Waals surface area (Å²) in [6, 6.07) is 11.9. The van der Waals surface area contributed by atoms with Crippen molar-refractivity contribution in [2.75, 3.05) is 5.32 Å². The largest absolute Gasteiger partial charge is 0.573 e. The molecule has 0 unspecified atom stereocenters. The zero-order valence-corrected chi connectivity index (χ0v) is 20.6. The quantitative estimate of drug-likeness (QED) is 0.339. The van der Waals surface area contributed by atoms with Gasteiger partial charge in [-0.3, -0.25) is 14.3 Å². The highest BCUT2D eigenvalue weighted by Gasteiger charge is 2.31. The van der Waals surface area contributed by atoms with Gasteiger partial charge in [0.15, 0.2) is 0 Å². The summed E-state index contributed by atoms with van der Waals surface area (Å²) < 4.78 is 43.4. The Labute approximate surface area is 211 Å². The van der Waals surface area contributed by atoms with Crippen LogP contribution in [0.25, 0.3) is 10.9 Å². The number of aryl methyl sites for hydroxylation is 1. The van der Waals surface area contributed by atoms with Crippen molar-refractivity contribution in [3.8, 4) is 5.75 Å². The first kappa shape index (κ1) is 25.2. The van der Waals surface area contributed by atoms with E-state index < -0.39 is 18.2 Å². The molecule has 0 spiro atoms. The zero-order chi connectivity index (χ0) is 26.2. The topological polar surface area (TPSA) is 112 Å². The minimum absolute atomic E-state index is 0.0444. The number of nitrogens with zero attached hydrogens (tertiary/aromatic N) is 3. The van der Waals surface area contributed by atoms with E-state index in [-0.39, 0.29) is 23.6 Å². The molecule has 0 radical (unpaired) electrons. The maximum Gasteiger partial charge on any atom is 0.573 e. The summed E-state index contributed by atoms with van der Waals surface area (Å²) in [6.45, 7) is 3.73. The van der Waals surface area contributed by atoms with Crippen LogP contribution in [-0.2, 0) is 6.54 Å². The van der Waals surface area contributed by atoms with Crippen molar-refractivity contribution in [1.82, 2.24) is 14.8 Å². The zero-order valence-electron chi connectivity index (χ0n) is 19.0. The van der Waals surface area contributed by atoms with Gasteiger partial charge in [0.25, 0.3) is 11.8 Å². The molecule has 0 fully saturated rings. The van der Waals surface area contributed by atoms with Crippen molar-refractivity contribution in [3.05, 3.63) is 81.2 Å². The molecule has 8 nitrogen and oxygen atoms in total. The van der Waals surface area contributed by atoms with Crippen LogP contribution in [0.1, 0.15) is 37.8 Å². The fourth-order valence-electron chi connectivity index (χ4n) is 3.69. The van der Waals surface area contributed by atoms with E-state index in [0.717, 1.165) is 4.47 Å². The van der Waals surface area contributed by atoms with Gasteiger partial charge in [-0.1, -0.05) is 28.1 Å². The van der Waals surface area contributed by atoms with Gasteiger partial charge in [-0.25, -0.2) is 4.98 Å². The van der Waals surface area contributed by atoms with Gasteiger partial charge in [0.2, 0.25) is 0 Å². The van der Waals surface area contributed by atoms with Gasteiger partial charge in [-0.2, -0.15) is 5.10 Å². The molecule has 2 aromatic carbocycles. The van der Waals surface area contributed by atoms with Crippen molar-refractivity contribution in [1.29, 1.82) is 0 Å². The molecule has 0 aliphatic heterocycles. The van der Waals surface area contributed by atoms with E-state index in [4.69, 9.17) is 5.73 Å². The molecule has 36 heavy (non-hydrogen) atoms. The van der Waals surface area contributed by atoms with Gasteiger partial charge in [-0.05, 0) is 55.8 Å². The SMILES string of the molecule is Cc1nn(Cc2ccc(OC(F)(F)F)cc2)c(C)c1NC(=O)c1cc(C(N)=O)nc2ccc(Br)cc12. The first-order valence-electron chi connectivity index (χ1n) is 10.5. The highest BCUT2D eigenvalue weighted by molar-refractivity contribution is 9.10. The molecular weight excluding hydrogens is 543 g/mol. The van der Waals surface area contributed by atoms with Gasteiger partial charge >= 0.3 is 6.36 Å². The first-order valence-corrected chi connectivity index (χ1v) is 11.3. The second kappa shape index (κ2) is 9.61. The van der Waals surface area contributed by atoms with Crippen LogP contribution >= 0.6 is 15.9 Å². The number of benzene rings is 2. The molecule has 3 N–H and O–H groups in total. The summed E-state index contributed by atoms with van der Waals surface area (Å²) in [7, 11) is 0. The van der Waals surface area contributed by atoms with Gasteiger partial charge in [0, 0.05) is 9.86 Å². The molecule has 2 heterocycles. The minimum Gasteiger partial charge on any atom is -0.406 e. The molecule has 0 saturated carbocycles. The van der Waals surface area contributed by atoms with E-state index >= 15 is 0 Å². The summed E-state index contributed by atoms with van der Waals surface area (Å²) in [4.78, 5) is 29.3. The highest BCUT2D eigenvalue weighted by Crippen LogP contribution is 2.27. The molecule has 2 aromatic heterocycles. The molecule has 4 rings (SSSR count). The third kappa shape index (κ3) is 5.48. The van der Waals surface area contributed by atoms with E-state index in [1.807, 2.05) is 0 Å². The molecule has 0 aliphatic carbocycles. The van der Waals surface area contributed by atoms with E-state index in [1.54, 1.807) is 36.7 Å². The number of hydrogen-bond acceptors (Lipinski definition) is 5. The number of rotatable bonds is 6. The maximum atomic E-state index is 13.3. The number of primary amides is 1. The highest BCUT2D eigenvalue weighted by atomic mass is 79.9. The van der Waals surface area contributed by atoms with E-state index in [2.05, 4.69) is 36.1 Å². The van der Waals surface area contributed by atoms with Crippen LogP contribution < -0.4 is 15.8 Å². The molecule has 0 aliphatic rings. The van der Waals surface area contributed by atoms with Crippen molar-refractivity contribution < 1.29 is 27.5 Å². The number of aromatic nitrogens is 3. The predicted molar refractivity (Wildman–Crippen MR) is 130 cm³/mol. The Kier molecular flexibility index (Phi) is 6.72. The van der Waals surface area contributed by atoms with Gasteiger partial charge in [0.05, 0.1) is 34.7 Å². The minimum atomic E-state index is -4.77. The van der Waals surface area contributed by atoms with Crippen molar-refractivity contribution in [3.63, 3.8) is 0 Å². The number of alkyl halides is 3. The number of nitrogens with two attached hydrogens (primary N) is 1. The summed E-state index contributed by atoms with van der Waals surface area (Å²) in [5.41, 5.74) is 8.32. The lowest BCUT2D eigenvalue weighted by molar-refractivity contribution is -0.274. The number of anilines is 1. The van der Waals surface area contributed by atoms with Crippen LogP contribution in [0.3, 0.4) is 0 Å². The van der Waals surface area contributed by atoms with Crippen molar-refractivity contribution in [2.24, 2.45) is 5.73 Å². The Morgan fingerprint density at radius 2 is 1.81 bits per heavy atom. The number of fused-ring (bicyclic) bond motifs is 1. The smallest absolute Gasteiger partial charge is 0.406 e. The van der Waals surface area contributed by atoms with Crippen molar-refractivity contribution >= 4 is 44.3 Å². The number of ether oxygens (including phenoxy) is 1. The van der Waals surface area contributed by atoms with Gasteiger partial charge in [0.1, 0.15) is 11.4 Å². The second-order valence-electron chi connectivity index (χ2n) is 7.93. The number of carbonyl (C=O) groups excluding carboxylic acids is 2. The molecule has 186 valence electrons. The van der Waals surface area contributed by atoms with E-state index in [1.165, 1.54) is 30.3 Å². The third-order valence-corrected chi connectivity index (χ3v) is 5.87. The second-order valence-corrected chi connectivity index (χ2v) is 8.85. The van der Waals surface area contributed by atoms with Crippen LogP contribution in [0.5, 0.6) is 5.75 Å². The standard InChI is InChI=1S/C24H19BrF3N5O3/c1-12-21(13(2)33(32-12)11-14-3-6-16(7-4-14)36-24(26,27)28)31-23(35)18-10-20(22(29)34)30-19-8-5-15(25)9-17(18)19/h3-10H,11H2,1-2H3,(H2,29,34)(H,31,35). The number of halogens is 4. The predicted octanol–water partition coefficient (Wildman–Crippen LogP) is 5.11. The number of pyridine rings is 1. The van der Waals surface area contributed by atoms with Crippen molar-refractivity contribution in [2.45, 2.75) is 26.8 Å². The fraction of sp³-hybridized carbons (Fsp3) is 0.167. The monoisotopic (exact) mass is 561 g/mol. The molecule has 12 heteroatoms. The number of amides is 2. The average molecular weight is 562 g/mol. The van der Waals surface area contributed by atoms with Crippen LogP contribution in [-0.4, -0.2) is 32.9 Å². The molecule has 2 amide bonds. The molecular formula is C24H19BrF3N5O3. The van der Waals surface area contributed by atoms with E-state index in [9.17, 15) is 22.8 Å². The summed E-state index contributed by atoms with van der Waals surface area (Å²) in [5, 5.41) is 7.83. The maximum absolute atomic E-state index is 13.3. The Morgan fingerprint density at radius 1 is 1.11 bits per heavy atom. The van der Waals surface area contributed by atoms with Crippen LogP contribution in [0.2, 0.25) is 0 Å². The Morgan fingerprint density at radius 3 is 2.44 bits per heavy atom. The van der Waals surface area contributed by atoms with Crippen LogP contribution in [0.4, 0.5) is 18.9 Å². The lowest BCUT2D eigenvalue weighted by Gasteiger charge is -2.11. The van der Waals surface area contributed by atoms with E-state index in [0.29, 0.717) is 33.5 Å². The van der Waals surface area contributed by atoms with Crippen LogP contribution in [0, 0.1) is 13.8 Å². The molecule has 0 bridgehead atoms. The number of hydrogen-bond donors (Lipinski definition) is 2. The lowest BCUT2D eigenvalue weighted by Crippen LogP contribution is -2.18. The molecule has 0 atom stereocenters. The summed E-state index contributed by atoms with van der Waals surface area (Å²) in [5.74, 6) is -1.57. The van der Waals surface area contributed by atoms with Gasteiger partial charge in [-0.15, -0.1) is 13.2 Å². The average Bonchev–Trinajstić information content (AvgIpc) is 3.05. The summed E-state index contributed by atoms with van der Waals surface area (Å²) >= 11 is 3.38. The fourth-order valence-corrected chi connectivity index (χ4v) is 4.06. The lowest BCUT2D eigenvalue weighted by atomic mass is 10.1. The molecule has 4 aromatic rings. The van der Waals surface area contributed by atoms with Crippen LogP contribution in [0.15, 0.2) is 53.0 Å². The molecule has 0 saturated heterocycles. The Hall–Kier alpha value is -3.93. The Bertz CT molecular complexity index is 1480. The Balaban J connectivity index is 1.61. The summed E-state index contributed by atoms with van der Waals surface area (Å²) in [6.07, 6.45) is -4.77. The normalized spacial score (nSPS) is 11.5.